The Kier molecular flexibility index (Phi) is 4.60. The van der Waals surface area contributed by atoms with Crippen LogP contribution >= 0.6 is 0 Å². The topological polar surface area (TPSA) is 42.3 Å². The van der Waals surface area contributed by atoms with E-state index in [1.54, 1.807) is 0 Å². The van der Waals surface area contributed by atoms with Crippen molar-refractivity contribution in [1.29, 1.82) is 0 Å². The van der Waals surface area contributed by atoms with Gasteiger partial charge in [0.1, 0.15) is 0 Å². The fourth-order valence-electron chi connectivity index (χ4n) is 0.712. The summed E-state index contributed by atoms with van der Waals surface area (Å²) in [6, 6.07) is 0. The molecule has 0 heterocycles. The average molecular weight is 146 g/mol. The lowest BCUT2D eigenvalue weighted by molar-refractivity contribution is -0.236. The molecule has 0 rings (SSSR count). The third kappa shape index (κ3) is 3.15. The van der Waals surface area contributed by atoms with Crippen molar-refractivity contribution < 1.29 is 9.47 Å². The Bertz CT molecular complexity index is 79.7. The molecule has 0 bridgehead atoms. The van der Waals surface area contributed by atoms with Gasteiger partial charge < -0.3 is 9.47 Å². The van der Waals surface area contributed by atoms with Crippen LogP contribution in [0, 0.1) is 0 Å². The van der Waals surface area contributed by atoms with E-state index in [1.165, 1.54) is 0 Å². The Labute approximate surface area is 62.5 Å². The Hall–Kier alpha value is -0.120. The largest absolute Gasteiger partial charge is 0.337 e. The van der Waals surface area contributed by atoms with Gasteiger partial charge in [-0.1, -0.05) is 6.92 Å². The zero-order valence-corrected chi connectivity index (χ0v) is 6.94. The van der Waals surface area contributed by atoms with E-state index in [-0.39, 0.29) is 0 Å². The number of hydrogen-bond donors (Lipinski definition) is 0. The van der Waals surface area contributed by atoms with E-state index in [0.29, 0.717) is 19.6 Å². The molecule has 3 heteroatoms. The summed E-state index contributed by atoms with van der Waals surface area (Å²) in [7, 11) is 0. The first-order chi connectivity index (χ1) is 4.68. The molecule has 0 saturated heterocycles. The van der Waals surface area contributed by atoms with Crippen LogP contribution in [0.3, 0.4) is 0 Å². The lowest BCUT2D eigenvalue weighted by Crippen LogP contribution is -2.36. The minimum Gasteiger partial charge on any atom is -0.337 e. The van der Waals surface area contributed by atoms with Crippen LogP contribution in [-0.4, -0.2) is 19.1 Å². The maximum atomic E-state index is 7.52. The van der Waals surface area contributed by atoms with Crippen LogP contribution in [0.2, 0.25) is 0 Å². The highest BCUT2D eigenvalue weighted by Gasteiger charge is 2.23. The monoisotopic (exact) mass is 146 g/mol. The quantitative estimate of drug-likeness (QED) is 0.550. The smallest absolute Gasteiger partial charge is 0.240 e. The van der Waals surface area contributed by atoms with Crippen molar-refractivity contribution in [2.45, 2.75) is 33.1 Å². The molecular weight excluding hydrogens is 130 g/mol. The SMILES string of the molecule is CCOC([NH])(CC)OCC. The lowest BCUT2D eigenvalue weighted by Gasteiger charge is -2.25. The van der Waals surface area contributed by atoms with Gasteiger partial charge in [0.05, 0.1) is 0 Å². The van der Waals surface area contributed by atoms with Crippen molar-refractivity contribution in [2.75, 3.05) is 13.2 Å². The Morgan fingerprint density at radius 3 is 1.70 bits per heavy atom. The van der Waals surface area contributed by atoms with E-state index in [4.69, 9.17) is 15.2 Å². The van der Waals surface area contributed by atoms with Gasteiger partial charge in [-0.2, -0.15) is 5.73 Å². The second-order valence-corrected chi connectivity index (χ2v) is 1.97. The van der Waals surface area contributed by atoms with Crippen molar-refractivity contribution in [2.24, 2.45) is 0 Å². The summed E-state index contributed by atoms with van der Waals surface area (Å²) in [5.74, 6) is -1.11. The van der Waals surface area contributed by atoms with Crippen molar-refractivity contribution in [1.82, 2.24) is 5.73 Å². The van der Waals surface area contributed by atoms with Gasteiger partial charge >= 0.3 is 0 Å². The first-order valence-corrected chi connectivity index (χ1v) is 3.71. The van der Waals surface area contributed by atoms with E-state index in [0.717, 1.165) is 0 Å². The molecule has 1 radical (unpaired) electrons. The molecule has 0 spiro atoms. The maximum absolute atomic E-state index is 7.52. The van der Waals surface area contributed by atoms with E-state index in [9.17, 15) is 0 Å². The fourth-order valence-corrected chi connectivity index (χ4v) is 0.712. The molecule has 0 saturated carbocycles. The van der Waals surface area contributed by atoms with E-state index in [1.807, 2.05) is 20.8 Å². The predicted octanol–water partition coefficient (Wildman–Crippen LogP) is 1.41. The predicted molar refractivity (Wildman–Crippen MR) is 39.4 cm³/mol. The summed E-state index contributed by atoms with van der Waals surface area (Å²) in [5, 5.41) is 0. The van der Waals surface area contributed by atoms with Crippen LogP contribution in [-0.2, 0) is 9.47 Å². The lowest BCUT2D eigenvalue weighted by atomic mass is 10.4. The fraction of sp³-hybridized carbons (Fsp3) is 1.00. The highest BCUT2D eigenvalue weighted by atomic mass is 16.7. The molecule has 1 N–H and O–H groups in total. The normalized spacial score (nSPS) is 12.0. The molecule has 3 nitrogen and oxygen atoms in total. The minimum atomic E-state index is -1.11. The molecular formula is C7H16NO2. The minimum absolute atomic E-state index is 0.525. The number of nitrogens with one attached hydrogen (secondary N) is 1. The van der Waals surface area contributed by atoms with Crippen LogP contribution < -0.4 is 5.73 Å². The summed E-state index contributed by atoms with van der Waals surface area (Å²) < 4.78 is 10.1. The molecule has 0 atom stereocenters. The molecule has 0 aliphatic rings. The zero-order chi connectivity index (χ0) is 8.04. The van der Waals surface area contributed by atoms with Crippen molar-refractivity contribution in [3.63, 3.8) is 0 Å². The highest BCUT2D eigenvalue weighted by Crippen LogP contribution is 2.11. The molecule has 0 aliphatic heterocycles. The third-order valence-corrected chi connectivity index (χ3v) is 1.22. The van der Waals surface area contributed by atoms with Crippen LogP contribution in [0.25, 0.3) is 0 Å². The Morgan fingerprint density at radius 1 is 1.10 bits per heavy atom. The third-order valence-electron chi connectivity index (χ3n) is 1.22. The van der Waals surface area contributed by atoms with Gasteiger partial charge in [-0.15, -0.1) is 0 Å². The first kappa shape index (κ1) is 9.88. The van der Waals surface area contributed by atoms with Gasteiger partial charge in [0, 0.05) is 19.6 Å². The first-order valence-electron chi connectivity index (χ1n) is 3.71. The summed E-state index contributed by atoms with van der Waals surface area (Å²) in [5.41, 5.74) is 7.52. The second kappa shape index (κ2) is 4.66. The Balaban J connectivity index is 3.69. The molecule has 0 aliphatic carbocycles. The van der Waals surface area contributed by atoms with Gasteiger partial charge in [0.15, 0.2) is 0 Å². The molecule has 0 aromatic rings. The van der Waals surface area contributed by atoms with Crippen molar-refractivity contribution in [3.8, 4) is 0 Å². The summed E-state index contributed by atoms with van der Waals surface area (Å²) in [4.78, 5) is 0. The van der Waals surface area contributed by atoms with Crippen molar-refractivity contribution in [3.05, 3.63) is 0 Å². The highest BCUT2D eigenvalue weighted by molar-refractivity contribution is 4.54. The standard InChI is InChI=1S/C7H16NO2/c1-4-7(8,9-5-2)10-6-3/h8H,4-6H2,1-3H3. The van der Waals surface area contributed by atoms with E-state index in [2.05, 4.69) is 0 Å². The number of hydrogen-bond acceptors (Lipinski definition) is 2. The zero-order valence-electron chi connectivity index (χ0n) is 6.94. The van der Waals surface area contributed by atoms with Crippen LogP contribution in [0.5, 0.6) is 0 Å². The molecule has 0 unspecified atom stereocenters. The molecule has 0 fully saturated rings. The van der Waals surface area contributed by atoms with E-state index >= 15 is 0 Å². The van der Waals surface area contributed by atoms with Gasteiger partial charge in [0.25, 0.3) is 0 Å². The average Bonchev–Trinajstić information content (AvgIpc) is 1.89. The second-order valence-electron chi connectivity index (χ2n) is 1.97. The Morgan fingerprint density at radius 2 is 1.50 bits per heavy atom. The maximum Gasteiger partial charge on any atom is 0.240 e. The van der Waals surface area contributed by atoms with Gasteiger partial charge in [-0.3, -0.25) is 0 Å². The number of ether oxygens (including phenoxy) is 2. The van der Waals surface area contributed by atoms with Gasteiger partial charge in [0.2, 0.25) is 5.91 Å². The van der Waals surface area contributed by atoms with E-state index < -0.39 is 5.91 Å². The molecule has 0 amide bonds. The summed E-state index contributed by atoms with van der Waals surface area (Å²) in [6.07, 6.45) is 0.564. The summed E-state index contributed by atoms with van der Waals surface area (Å²) in [6.45, 7) is 6.64. The van der Waals surface area contributed by atoms with Crippen LogP contribution in [0.4, 0.5) is 0 Å². The van der Waals surface area contributed by atoms with Gasteiger partial charge in [-0.05, 0) is 13.8 Å². The van der Waals surface area contributed by atoms with Gasteiger partial charge in [-0.25, -0.2) is 0 Å². The molecule has 10 heavy (non-hydrogen) atoms. The molecule has 0 aromatic heterocycles. The van der Waals surface area contributed by atoms with Crippen LogP contribution in [0.15, 0.2) is 0 Å². The van der Waals surface area contributed by atoms with Crippen LogP contribution in [0.1, 0.15) is 27.2 Å². The molecule has 0 aromatic carbocycles. The number of rotatable bonds is 5. The van der Waals surface area contributed by atoms with Crippen molar-refractivity contribution >= 4 is 0 Å². The summed E-state index contributed by atoms with van der Waals surface area (Å²) >= 11 is 0. The molecule has 61 valence electrons.